The Hall–Kier alpha value is -0.520. The highest BCUT2D eigenvalue weighted by Crippen LogP contribution is 2.16. The van der Waals surface area contributed by atoms with Crippen molar-refractivity contribution in [2.75, 3.05) is 32.7 Å². The summed E-state index contributed by atoms with van der Waals surface area (Å²) in [4.78, 5) is 2.34. The van der Waals surface area contributed by atoms with Crippen LogP contribution in [0.2, 0.25) is 0 Å². The molecule has 1 aliphatic heterocycles. The summed E-state index contributed by atoms with van der Waals surface area (Å²) in [6.45, 7) is 9.81. The Labute approximate surface area is 81.7 Å². The number of terminal acetylenes is 1. The maximum Gasteiger partial charge on any atom is 0.0598 e. The molecule has 2 nitrogen and oxygen atoms in total. The molecule has 74 valence electrons. The molecular weight excluding hydrogens is 160 g/mol. The number of nitrogens with zero attached hydrogens (tertiary/aromatic N) is 1. The fourth-order valence-electron chi connectivity index (χ4n) is 1.87. The van der Waals surface area contributed by atoms with Gasteiger partial charge in [0.05, 0.1) is 6.54 Å². The van der Waals surface area contributed by atoms with E-state index in [0.29, 0.717) is 0 Å². The zero-order valence-corrected chi connectivity index (χ0v) is 8.71. The first-order valence-electron chi connectivity index (χ1n) is 5.14. The van der Waals surface area contributed by atoms with Gasteiger partial charge in [-0.1, -0.05) is 19.8 Å². The van der Waals surface area contributed by atoms with E-state index in [0.717, 1.165) is 44.6 Å². The number of hydrogen-bond donors (Lipinski definition) is 1. The second-order valence-electron chi connectivity index (χ2n) is 3.93. The molecule has 1 aliphatic rings. The molecule has 0 bridgehead atoms. The van der Waals surface area contributed by atoms with Crippen LogP contribution in [0.15, 0.2) is 0 Å². The summed E-state index contributed by atoms with van der Waals surface area (Å²) >= 11 is 0. The smallest absolute Gasteiger partial charge is 0.0598 e. The van der Waals surface area contributed by atoms with Gasteiger partial charge < -0.3 is 5.32 Å². The van der Waals surface area contributed by atoms with Crippen LogP contribution in [-0.2, 0) is 0 Å². The van der Waals surface area contributed by atoms with Gasteiger partial charge in [0, 0.05) is 6.54 Å². The Morgan fingerprint density at radius 1 is 1.54 bits per heavy atom. The van der Waals surface area contributed by atoms with Crippen LogP contribution in [0.25, 0.3) is 0 Å². The van der Waals surface area contributed by atoms with Crippen LogP contribution in [0.5, 0.6) is 0 Å². The number of nitrogens with one attached hydrogen (secondary N) is 1. The summed E-state index contributed by atoms with van der Waals surface area (Å²) in [5, 5.41) is 3.42. The molecule has 0 saturated carbocycles. The van der Waals surface area contributed by atoms with E-state index in [-0.39, 0.29) is 0 Å². The van der Waals surface area contributed by atoms with Crippen LogP contribution in [0, 0.1) is 24.2 Å². The van der Waals surface area contributed by atoms with E-state index < -0.39 is 0 Å². The normalized spacial score (nSPS) is 27.8. The van der Waals surface area contributed by atoms with Gasteiger partial charge in [-0.3, -0.25) is 4.90 Å². The van der Waals surface area contributed by atoms with Gasteiger partial charge in [0.25, 0.3) is 0 Å². The topological polar surface area (TPSA) is 15.3 Å². The zero-order chi connectivity index (χ0) is 9.68. The average molecular weight is 180 g/mol. The standard InChI is InChI=1S/C11H20N2/c1-4-6-13(5-2)9-11-8-12-7-10(11)3/h1,10-12H,5-9H2,2-3H3/t10-,11+/m1/s1. The van der Waals surface area contributed by atoms with Crippen LogP contribution in [0.4, 0.5) is 0 Å². The van der Waals surface area contributed by atoms with Crippen molar-refractivity contribution in [3.63, 3.8) is 0 Å². The first-order valence-corrected chi connectivity index (χ1v) is 5.14. The molecule has 0 aromatic heterocycles. The van der Waals surface area contributed by atoms with Crippen LogP contribution in [0.3, 0.4) is 0 Å². The van der Waals surface area contributed by atoms with Gasteiger partial charge in [-0.2, -0.15) is 0 Å². The third-order valence-corrected chi connectivity index (χ3v) is 2.93. The molecule has 1 N–H and O–H groups in total. The van der Waals surface area contributed by atoms with E-state index >= 15 is 0 Å². The van der Waals surface area contributed by atoms with E-state index in [1.807, 2.05) is 0 Å². The molecular formula is C11H20N2. The Bertz CT molecular complexity index is 183. The van der Waals surface area contributed by atoms with Crippen molar-refractivity contribution in [3.05, 3.63) is 0 Å². The van der Waals surface area contributed by atoms with Gasteiger partial charge in [-0.15, -0.1) is 6.42 Å². The molecule has 0 radical (unpaired) electrons. The summed E-state index contributed by atoms with van der Waals surface area (Å²) in [6.07, 6.45) is 5.31. The molecule has 0 unspecified atom stereocenters. The molecule has 0 aromatic rings. The maximum absolute atomic E-state index is 5.31. The van der Waals surface area contributed by atoms with Crippen molar-refractivity contribution in [1.29, 1.82) is 0 Å². The summed E-state index contributed by atoms with van der Waals surface area (Å²) < 4.78 is 0. The molecule has 1 fully saturated rings. The molecule has 0 spiro atoms. The molecule has 1 heterocycles. The fourth-order valence-corrected chi connectivity index (χ4v) is 1.87. The lowest BCUT2D eigenvalue weighted by molar-refractivity contribution is 0.251. The van der Waals surface area contributed by atoms with Gasteiger partial charge in [0.15, 0.2) is 0 Å². The fraction of sp³-hybridized carbons (Fsp3) is 0.818. The first-order chi connectivity index (χ1) is 6.27. The molecule has 0 aliphatic carbocycles. The van der Waals surface area contributed by atoms with Crippen LogP contribution >= 0.6 is 0 Å². The molecule has 0 amide bonds. The highest BCUT2D eigenvalue weighted by atomic mass is 15.1. The van der Waals surface area contributed by atoms with E-state index in [2.05, 4.69) is 30.0 Å². The molecule has 1 rings (SSSR count). The van der Waals surface area contributed by atoms with E-state index in [9.17, 15) is 0 Å². The largest absolute Gasteiger partial charge is 0.316 e. The monoisotopic (exact) mass is 180 g/mol. The Balaban J connectivity index is 2.32. The predicted octanol–water partition coefficient (Wildman–Crippen LogP) is 0.797. The summed E-state index contributed by atoms with van der Waals surface area (Å²) in [6, 6.07) is 0. The third-order valence-electron chi connectivity index (χ3n) is 2.93. The molecule has 0 aromatic carbocycles. The van der Waals surface area contributed by atoms with Crippen molar-refractivity contribution in [2.24, 2.45) is 11.8 Å². The minimum atomic E-state index is 0.785. The van der Waals surface area contributed by atoms with Crippen molar-refractivity contribution in [1.82, 2.24) is 10.2 Å². The Morgan fingerprint density at radius 2 is 2.31 bits per heavy atom. The second-order valence-corrected chi connectivity index (χ2v) is 3.93. The van der Waals surface area contributed by atoms with Crippen molar-refractivity contribution in [3.8, 4) is 12.3 Å². The summed E-state index contributed by atoms with van der Waals surface area (Å²) in [5.41, 5.74) is 0. The van der Waals surface area contributed by atoms with Gasteiger partial charge in [0.2, 0.25) is 0 Å². The molecule has 13 heavy (non-hydrogen) atoms. The van der Waals surface area contributed by atoms with Gasteiger partial charge in [-0.25, -0.2) is 0 Å². The number of rotatable bonds is 4. The Kier molecular flexibility index (Phi) is 4.27. The molecule has 2 atom stereocenters. The Morgan fingerprint density at radius 3 is 2.77 bits per heavy atom. The number of hydrogen-bond acceptors (Lipinski definition) is 2. The van der Waals surface area contributed by atoms with Crippen molar-refractivity contribution in [2.45, 2.75) is 13.8 Å². The minimum absolute atomic E-state index is 0.785. The second kappa shape index (κ2) is 5.26. The van der Waals surface area contributed by atoms with E-state index in [4.69, 9.17) is 6.42 Å². The van der Waals surface area contributed by atoms with Gasteiger partial charge in [-0.05, 0) is 31.5 Å². The van der Waals surface area contributed by atoms with E-state index in [1.165, 1.54) is 0 Å². The lowest BCUT2D eigenvalue weighted by atomic mass is 9.97. The predicted molar refractivity (Wildman–Crippen MR) is 56.5 cm³/mol. The minimum Gasteiger partial charge on any atom is -0.316 e. The highest BCUT2D eigenvalue weighted by molar-refractivity contribution is 4.89. The lowest BCUT2D eigenvalue weighted by Gasteiger charge is -2.23. The van der Waals surface area contributed by atoms with Gasteiger partial charge in [0.1, 0.15) is 0 Å². The SMILES string of the molecule is C#CCN(CC)C[C@@H]1CNC[C@H]1C. The van der Waals surface area contributed by atoms with Gasteiger partial charge >= 0.3 is 0 Å². The zero-order valence-electron chi connectivity index (χ0n) is 8.71. The average Bonchev–Trinajstić information content (AvgIpc) is 2.51. The van der Waals surface area contributed by atoms with Crippen LogP contribution in [-0.4, -0.2) is 37.6 Å². The van der Waals surface area contributed by atoms with Crippen molar-refractivity contribution < 1.29 is 0 Å². The maximum atomic E-state index is 5.31. The van der Waals surface area contributed by atoms with Crippen molar-refractivity contribution >= 4 is 0 Å². The summed E-state index contributed by atoms with van der Waals surface area (Å²) in [5.74, 6) is 4.30. The van der Waals surface area contributed by atoms with Crippen LogP contribution < -0.4 is 5.32 Å². The van der Waals surface area contributed by atoms with Crippen LogP contribution in [0.1, 0.15) is 13.8 Å². The molecule has 2 heteroatoms. The molecule has 1 saturated heterocycles. The van der Waals surface area contributed by atoms with E-state index in [1.54, 1.807) is 0 Å². The summed E-state index contributed by atoms with van der Waals surface area (Å²) in [7, 11) is 0. The first kappa shape index (κ1) is 10.6. The third kappa shape index (κ3) is 3.02. The highest BCUT2D eigenvalue weighted by Gasteiger charge is 2.24. The quantitative estimate of drug-likeness (QED) is 0.644. The lowest BCUT2D eigenvalue weighted by Crippen LogP contribution is -2.32.